The van der Waals surface area contributed by atoms with Crippen molar-refractivity contribution in [2.45, 2.75) is 14.8 Å². The lowest BCUT2D eigenvalue weighted by Crippen LogP contribution is -2.15. The summed E-state index contributed by atoms with van der Waals surface area (Å²) in [4.78, 5) is 4.10. The minimum Gasteiger partial charge on any atom is -0.278 e. The second-order valence-electron chi connectivity index (χ2n) is 7.15. The first-order valence-corrected chi connectivity index (χ1v) is 14.4. The van der Waals surface area contributed by atoms with Crippen LogP contribution in [0, 0.1) is 0 Å². The number of hydrogen-bond donors (Lipinski definition) is 1. The van der Waals surface area contributed by atoms with Crippen molar-refractivity contribution < 1.29 is 16.8 Å². The number of nitrogens with one attached hydrogen (secondary N) is 1. The quantitative estimate of drug-likeness (QED) is 0.273. The van der Waals surface area contributed by atoms with Crippen LogP contribution in [0.2, 0.25) is 15.2 Å². The fraction of sp³-hybridized carbons (Fsp3) is 0. The van der Waals surface area contributed by atoms with Gasteiger partial charge in [0.15, 0.2) is 15.1 Å². The van der Waals surface area contributed by atoms with E-state index < -0.39 is 19.9 Å². The van der Waals surface area contributed by atoms with E-state index in [1.54, 1.807) is 23.6 Å². The molecular formula is C21H12Cl3N3O4S3. The molecule has 13 heteroatoms. The Morgan fingerprint density at radius 1 is 0.882 bits per heavy atom. The number of thiazole rings is 1. The van der Waals surface area contributed by atoms with E-state index in [4.69, 9.17) is 34.8 Å². The van der Waals surface area contributed by atoms with Gasteiger partial charge in [-0.2, -0.15) is 8.42 Å². The zero-order valence-electron chi connectivity index (χ0n) is 16.7. The molecule has 0 spiro atoms. The summed E-state index contributed by atoms with van der Waals surface area (Å²) in [6, 6.07) is 14.4. The molecule has 0 aliphatic heterocycles. The average molecular weight is 573 g/mol. The number of sulfone groups is 1. The zero-order chi connectivity index (χ0) is 24.3. The average Bonchev–Trinajstić information content (AvgIpc) is 3.32. The zero-order valence-corrected chi connectivity index (χ0v) is 21.5. The van der Waals surface area contributed by atoms with Gasteiger partial charge in [0, 0.05) is 11.6 Å². The minimum atomic E-state index is -4.20. The van der Waals surface area contributed by atoms with Gasteiger partial charge in [0.05, 0.1) is 20.6 Å². The standard InChI is InChI=1S/C21H12Cl3N3O4S3/c22-16-10-14(26-34(30,31)20-19(24)25-21-27(20)7-8-32-21)11-17(23)18(16)33(28,29)15-6-5-12-3-1-2-4-13(12)9-15/h1-11,26H. The predicted octanol–water partition coefficient (Wildman–Crippen LogP) is 6.14. The Labute approximate surface area is 213 Å². The van der Waals surface area contributed by atoms with Crippen molar-refractivity contribution in [3.05, 3.63) is 81.4 Å². The molecule has 0 atom stereocenters. The highest BCUT2D eigenvalue weighted by molar-refractivity contribution is 7.92. The molecule has 0 aliphatic rings. The molecule has 0 radical (unpaired) electrons. The van der Waals surface area contributed by atoms with Gasteiger partial charge < -0.3 is 0 Å². The van der Waals surface area contributed by atoms with Gasteiger partial charge in [0.25, 0.3) is 10.0 Å². The van der Waals surface area contributed by atoms with Gasteiger partial charge in [-0.15, -0.1) is 11.3 Å². The number of rotatable bonds is 5. The second-order valence-corrected chi connectivity index (χ2v) is 12.7. The Kier molecular flexibility index (Phi) is 5.78. The van der Waals surface area contributed by atoms with Crippen molar-refractivity contribution >= 4 is 87.4 Å². The third-order valence-corrected chi connectivity index (χ3v) is 10.2. The van der Waals surface area contributed by atoms with Crippen LogP contribution in [-0.2, 0) is 19.9 Å². The summed E-state index contributed by atoms with van der Waals surface area (Å²) in [6.45, 7) is 0. The number of aromatic nitrogens is 2. The van der Waals surface area contributed by atoms with Crippen LogP contribution in [0.5, 0.6) is 0 Å². The van der Waals surface area contributed by atoms with E-state index in [1.807, 2.05) is 12.1 Å². The van der Waals surface area contributed by atoms with E-state index in [1.165, 1.54) is 46.2 Å². The molecule has 2 heterocycles. The first kappa shape index (κ1) is 23.4. The highest BCUT2D eigenvalue weighted by atomic mass is 35.5. The van der Waals surface area contributed by atoms with Crippen molar-refractivity contribution in [3.8, 4) is 0 Å². The van der Waals surface area contributed by atoms with E-state index in [0.717, 1.165) is 10.8 Å². The SMILES string of the molecule is O=S(=O)(Nc1cc(Cl)c(S(=O)(=O)c2ccc3ccccc3c2)c(Cl)c1)c1c(Cl)nc2sccn12. The summed E-state index contributed by atoms with van der Waals surface area (Å²) >= 11 is 19.9. The van der Waals surface area contributed by atoms with Crippen LogP contribution in [0.15, 0.2) is 81.0 Å². The Morgan fingerprint density at radius 3 is 2.26 bits per heavy atom. The molecule has 0 unspecified atom stereocenters. The molecule has 1 N–H and O–H groups in total. The van der Waals surface area contributed by atoms with Crippen LogP contribution in [0.25, 0.3) is 15.7 Å². The second kappa shape index (κ2) is 8.40. The first-order valence-electron chi connectivity index (χ1n) is 9.45. The summed E-state index contributed by atoms with van der Waals surface area (Å²) in [6.07, 6.45) is 1.52. The molecule has 5 aromatic rings. The lowest BCUT2D eigenvalue weighted by atomic mass is 10.1. The molecule has 0 bridgehead atoms. The van der Waals surface area contributed by atoms with Crippen LogP contribution in [0.4, 0.5) is 5.69 Å². The molecule has 0 fully saturated rings. The number of hydrogen-bond acceptors (Lipinski definition) is 6. The van der Waals surface area contributed by atoms with Gasteiger partial charge >= 0.3 is 0 Å². The lowest BCUT2D eigenvalue weighted by Gasteiger charge is -2.13. The maximum Gasteiger partial charge on any atom is 0.281 e. The fourth-order valence-electron chi connectivity index (χ4n) is 3.51. The predicted molar refractivity (Wildman–Crippen MR) is 135 cm³/mol. The van der Waals surface area contributed by atoms with Crippen LogP contribution >= 0.6 is 46.1 Å². The van der Waals surface area contributed by atoms with E-state index in [2.05, 4.69) is 9.71 Å². The molecule has 3 aromatic carbocycles. The van der Waals surface area contributed by atoms with Crippen LogP contribution in [0.1, 0.15) is 0 Å². The van der Waals surface area contributed by atoms with Crippen LogP contribution < -0.4 is 4.72 Å². The number of benzene rings is 3. The summed E-state index contributed by atoms with van der Waals surface area (Å²) in [5, 5.41) is 2.34. The van der Waals surface area contributed by atoms with E-state index in [9.17, 15) is 16.8 Å². The Balaban J connectivity index is 1.55. The number of imidazole rings is 1. The largest absolute Gasteiger partial charge is 0.281 e. The van der Waals surface area contributed by atoms with Crippen molar-refractivity contribution in [2.75, 3.05) is 4.72 Å². The van der Waals surface area contributed by atoms with E-state index >= 15 is 0 Å². The molecule has 0 aliphatic carbocycles. The molecule has 0 amide bonds. The molecule has 174 valence electrons. The topological polar surface area (TPSA) is 97.6 Å². The van der Waals surface area contributed by atoms with Crippen molar-refractivity contribution in [2.24, 2.45) is 0 Å². The van der Waals surface area contributed by atoms with Crippen LogP contribution in [-0.4, -0.2) is 26.2 Å². The van der Waals surface area contributed by atoms with Crippen LogP contribution in [0.3, 0.4) is 0 Å². The molecule has 0 saturated heterocycles. The number of nitrogens with zero attached hydrogens (tertiary/aromatic N) is 2. The maximum atomic E-state index is 13.3. The third kappa shape index (κ3) is 3.94. The minimum absolute atomic E-state index is 0.00854. The summed E-state index contributed by atoms with van der Waals surface area (Å²) in [7, 11) is -8.30. The number of sulfonamides is 1. The smallest absolute Gasteiger partial charge is 0.278 e. The molecule has 0 saturated carbocycles. The number of anilines is 1. The van der Waals surface area contributed by atoms with E-state index in [-0.39, 0.29) is 35.7 Å². The maximum absolute atomic E-state index is 13.3. The molecular weight excluding hydrogens is 561 g/mol. The van der Waals surface area contributed by atoms with Crippen molar-refractivity contribution in [1.29, 1.82) is 0 Å². The fourth-order valence-corrected chi connectivity index (χ4v) is 8.50. The van der Waals surface area contributed by atoms with Crippen molar-refractivity contribution in [1.82, 2.24) is 9.38 Å². The normalized spacial score (nSPS) is 12.4. The van der Waals surface area contributed by atoms with Gasteiger partial charge in [-0.1, -0.05) is 65.1 Å². The molecule has 5 rings (SSSR count). The molecule has 34 heavy (non-hydrogen) atoms. The molecule has 2 aromatic heterocycles. The Hall–Kier alpha value is -2.34. The number of fused-ring (bicyclic) bond motifs is 2. The monoisotopic (exact) mass is 571 g/mol. The van der Waals surface area contributed by atoms with Gasteiger partial charge in [0.2, 0.25) is 9.84 Å². The summed E-state index contributed by atoms with van der Waals surface area (Å²) < 4.78 is 56.3. The highest BCUT2D eigenvalue weighted by Crippen LogP contribution is 2.38. The number of halogens is 3. The van der Waals surface area contributed by atoms with E-state index in [0.29, 0.717) is 4.96 Å². The van der Waals surface area contributed by atoms with Gasteiger partial charge in [-0.05, 0) is 35.0 Å². The Bertz CT molecular complexity index is 1790. The van der Waals surface area contributed by atoms with Crippen molar-refractivity contribution in [3.63, 3.8) is 0 Å². The summed E-state index contributed by atoms with van der Waals surface area (Å²) in [5.41, 5.74) is -0.0336. The van der Waals surface area contributed by atoms with Gasteiger partial charge in [-0.25, -0.2) is 13.4 Å². The summed E-state index contributed by atoms with van der Waals surface area (Å²) in [5.74, 6) is 0. The first-order chi connectivity index (χ1) is 16.1. The molecule has 7 nitrogen and oxygen atoms in total. The lowest BCUT2D eigenvalue weighted by molar-refractivity contribution is 0.595. The highest BCUT2D eigenvalue weighted by Gasteiger charge is 2.28. The Morgan fingerprint density at radius 2 is 1.56 bits per heavy atom. The van der Waals surface area contributed by atoms with Gasteiger partial charge in [-0.3, -0.25) is 9.12 Å². The third-order valence-electron chi connectivity index (χ3n) is 4.98. The van der Waals surface area contributed by atoms with Gasteiger partial charge in [0.1, 0.15) is 4.90 Å².